The van der Waals surface area contributed by atoms with Crippen molar-refractivity contribution in [1.82, 2.24) is 19.6 Å². The second-order valence-electron chi connectivity index (χ2n) is 7.36. The molecule has 3 heterocycles. The summed E-state index contributed by atoms with van der Waals surface area (Å²) in [4.78, 5) is 28.4. The van der Waals surface area contributed by atoms with Gasteiger partial charge in [-0.2, -0.15) is 5.10 Å². The Hall–Kier alpha value is -1.73. The van der Waals surface area contributed by atoms with Gasteiger partial charge in [0.15, 0.2) is 0 Å². The first-order valence-corrected chi connectivity index (χ1v) is 9.37. The van der Waals surface area contributed by atoms with Crippen molar-refractivity contribution in [1.29, 1.82) is 0 Å². The quantitative estimate of drug-likeness (QED) is 0.746. The van der Waals surface area contributed by atoms with Gasteiger partial charge >= 0.3 is 0 Å². The Bertz CT molecular complexity index is 696. The lowest BCUT2D eigenvalue weighted by molar-refractivity contribution is -0.130. The molecule has 136 valence electrons. The van der Waals surface area contributed by atoms with Gasteiger partial charge in [0.2, 0.25) is 5.91 Å². The highest BCUT2D eigenvalue weighted by molar-refractivity contribution is 5.76. The summed E-state index contributed by atoms with van der Waals surface area (Å²) in [7, 11) is 0. The lowest BCUT2D eigenvalue weighted by atomic mass is 10.0. The summed E-state index contributed by atoms with van der Waals surface area (Å²) < 4.78 is 7.01. The van der Waals surface area contributed by atoms with Crippen molar-refractivity contribution < 1.29 is 9.53 Å². The van der Waals surface area contributed by atoms with E-state index in [0.29, 0.717) is 38.6 Å². The van der Waals surface area contributed by atoms with Gasteiger partial charge < -0.3 is 14.5 Å². The fraction of sp³-hybridized carbons (Fsp3) is 0.722. The number of nitrogens with zero attached hydrogens (tertiary/aromatic N) is 4. The number of likely N-dealkylation sites (tertiary alicyclic amines) is 1. The maximum absolute atomic E-state index is 12.2. The number of ether oxygens (including phenoxy) is 1. The van der Waals surface area contributed by atoms with Gasteiger partial charge in [0.25, 0.3) is 5.56 Å². The van der Waals surface area contributed by atoms with E-state index in [0.717, 1.165) is 56.7 Å². The molecule has 2 saturated heterocycles. The maximum Gasteiger partial charge on any atom is 0.267 e. The van der Waals surface area contributed by atoms with Crippen molar-refractivity contribution in [2.24, 2.45) is 5.92 Å². The third-order valence-electron chi connectivity index (χ3n) is 5.49. The Morgan fingerprint density at radius 1 is 1.12 bits per heavy atom. The van der Waals surface area contributed by atoms with Crippen molar-refractivity contribution in [3.8, 4) is 0 Å². The van der Waals surface area contributed by atoms with Crippen molar-refractivity contribution in [3.63, 3.8) is 0 Å². The van der Waals surface area contributed by atoms with Gasteiger partial charge in [-0.15, -0.1) is 0 Å². The summed E-state index contributed by atoms with van der Waals surface area (Å²) in [5.41, 5.74) is 2.29. The van der Waals surface area contributed by atoms with E-state index in [4.69, 9.17) is 4.74 Å². The van der Waals surface area contributed by atoms with Gasteiger partial charge in [-0.05, 0) is 24.8 Å². The minimum Gasteiger partial charge on any atom is -0.379 e. The number of carbonyl (C=O) groups excluding carboxylic acids is 1. The highest BCUT2D eigenvalue weighted by Crippen LogP contribution is 2.19. The van der Waals surface area contributed by atoms with Gasteiger partial charge in [0, 0.05) is 44.7 Å². The maximum atomic E-state index is 12.2. The zero-order chi connectivity index (χ0) is 17.2. The molecule has 1 amide bonds. The van der Waals surface area contributed by atoms with E-state index in [9.17, 15) is 9.59 Å². The van der Waals surface area contributed by atoms with E-state index in [2.05, 4.69) is 10.00 Å². The Morgan fingerprint density at radius 2 is 2.00 bits per heavy atom. The van der Waals surface area contributed by atoms with Crippen molar-refractivity contribution in [3.05, 3.63) is 27.7 Å². The summed E-state index contributed by atoms with van der Waals surface area (Å²) in [6.07, 6.45) is 3.61. The third kappa shape index (κ3) is 3.77. The smallest absolute Gasteiger partial charge is 0.267 e. The molecular formula is C18H26N4O3. The highest BCUT2D eigenvalue weighted by Gasteiger charge is 2.28. The Morgan fingerprint density at radius 3 is 2.88 bits per heavy atom. The van der Waals surface area contributed by atoms with Crippen LogP contribution in [0.3, 0.4) is 0 Å². The van der Waals surface area contributed by atoms with Crippen LogP contribution in [0.15, 0.2) is 10.9 Å². The average Bonchev–Trinajstić information content (AvgIpc) is 2.90. The van der Waals surface area contributed by atoms with E-state index in [1.54, 1.807) is 10.7 Å². The molecule has 4 rings (SSSR count). The summed E-state index contributed by atoms with van der Waals surface area (Å²) in [5, 5.41) is 4.56. The number of rotatable bonds is 5. The number of amides is 1. The molecule has 2 fully saturated rings. The topological polar surface area (TPSA) is 67.7 Å². The molecule has 0 saturated carbocycles. The molecular weight excluding hydrogens is 320 g/mol. The summed E-state index contributed by atoms with van der Waals surface area (Å²) in [5.74, 6) is 0.677. The molecule has 0 unspecified atom stereocenters. The van der Waals surface area contributed by atoms with Crippen molar-refractivity contribution in [2.75, 3.05) is 45.9 Å². The fourth-order valence-corrected chi connectivity index (χ4v) is 4.01. The Labute approximate surface area is 147 Å². The van der Waals surface area contributed by atoms with E-state index in [1.807, 2.05) is 4.90 Å². The number of hydrogen-bond donors (Lipinski definition) is 0. The number of fused-ring (bicyclic) bond motifs is 1. The fourth-order valence-electron chi connectivity index (χ4n) is 4.01. The predicted molar refractivity (Wildman–Crippen MR) is 92.5 cm³/mol. The molecule has 0 N–H and O–H groups in total. The zero-order valence-electron chi connectivity index (χ0n) is 14.7. The first kappa shape index (κ1) is 16.7. The minimum atomic E-state index is 0.0364. The van der Waals surface area contributed by atoms with Crippen LogP contribution in [0.5, 0.6) is 0 Å². The SMILES string of the molecule is O=C1CCOCCN1CCN1CC(Cn2nc3c(cc2=O)CCC3)C1. The molecule has 0 aromatic carbocycles. The van der Waals surface area contributed by atoms with Gasteiger partial charge in [-0.25, -0.2) is 4.68 Å². The van der Waals surface area contributed by atoms with E-state index in [-0.39, 0.29) is 11.5 Å². The zero-order valence-corrected chi connectivity index (χ0v) is 14.7. The van der Waals surface area contributed by atoms with Crippen LogP contribution < -0.4 is 5.56 Å². The molecule has 7 nitrogen and oxygen atoms in total. The minimum absolute atomic E-state index is 0.0364. The van der Waals surface area contributed by atoms with Crippen molar-refractivity contribution in [2.45, 2.75) is 32.2 Å². The van der Waals surface area contributed by atoms with E-state index < -0.39 is 0 Å². The normalized spacial score (nSPS) is 21.9. The molecule has 1 aromatic rings. The molecule has 0 bridgehead atoms. The van der Waals surface area contributed by atoms with Crippen LogP contribution in [0.25, 0.3) is 0 Å². The number of aryl methyl sites for hydroxylation is 2. The van der Waals surface area contributed by atoms with Gasteiger partial charge in [-0.1, -0.05) is 0 Å². The van der Waals surface area contributed by atoms with Crippen LogP contribution in [0.2, 0.25) is 0 Å². The first-order valence-electron chi connectivity index (χ1n) is 9.37. The molecule has 2 aliphatic heterocycles. The van der Waals surface area contributed by atoms with Crippen LogP contribution >= 0.6 is 0 Å². The molecule has 7 heteroatoms. The highest BCUT2D eigenvalue weighted by atomic mass is 16.5. The Balaban J connectivity index is 1.24. The van der Waals surface area contributed by atoms with E-state index >= 15 is 0 Å². The largest absolute Gasteiger partial charge is 0.379 e. The lowest BCUT2D eigenvalue weighted by Crippen LogP contribution is -2.52. The van der Waals surface area contributed by atoms with Crippen molar-refractivity contribution >= 4 is 5.91 Å². The molecule has 0 spiro atoms. The Kier molecular flexibility index (Phi) is 4.85. The van der Waals surface area contributed by atoms with Crippen LogP contribution in [0.1, 0.15) is 24.1 Å². The summed E-state index contributed by atoms with van der Waals surface area (Å²) in [6.45, 7) is 6.21. The lowest BCUT2D eigenvalue weighted by Gasteiger charge is -2.40. The number of hydrogen-bond acceptors (Lipinski definition) is 5. The molecule has 1 aromatic heterocycles. The number of carbonyl (C=O) groups is 1. The summed E-state index contributed by atoms with van der Waals surface area (Å²) in [6, 6.07) is 1.78. The number of aromatic nitrogens is 2. The standard InChI is InChI=1S/C18H26N4O3/c23-17-4-8-25-9-7-21(17)6-5-20-11-14(12-20)13-22-18(24)10-15-2-1-3-16(15)19-22/h10,14H,1-9,11-13H2. The summed E-state index contributed by atoms with van der Waals surface area (Å²) >= 11 is 0. The van der Waals surface area contributed by atoms with E-state index in [1.165, 1.54) is 0 Å². The van der Waals surface area contributed by atoms with Gasteiger partial charge in [0.1, 0.15) is 0 Å². The predicted octanol–water partition coefficient (Wildman–Crippen LogP) is -0.0873. The second-order valence-corrected chi connectivity index (χ2v) is 7.36. The molecule has 3 aliphatic rings. The van der Waals surface area contributed by atoms with Gasteiger partial charge in [-0.3, -0.25) is 9.59 Å². The van der Waals surface area contributed by atoms with Gasteiger partial charge in [0.05, 0.1) is 31.9 Å². The monoisotopic (exact) mass is 346 g/mol. The first-order chi connectivity index (χ1) is 12.2. The molecule has 0 atom stereocenters. The average molecular weight is 346 g/mol. The van der Waals surface area contributed by atoms with Crippen LogP contribution in [-0.4, -0.2) is 71.4 Å². The van der Waals surface area contributed by atoms with Crippen LogP contribution in [0.4, 0.5) is 0 Å². The third-order valence-corrected chi connectivity index (χ3v) is 5.49. The molecule has 25 heavy (non-hydrogen) atoms. The second kappa shape index (κ2) is 7.25. The van der Waals surface area contributed by atoms with Crippen LogP contribution in [0, 0.1) is 5.92 Å². The van der Waals surface area contributed by atoms with Crippen LogP contribution in [-0.2, 0) is 28.9 Å². The molecule has 0 radical (unpaired) electrons. The molecule has 1 aliphatic carbocycles.